The van der Waals surface area contributed by atoms with Crippen molar-refractivity contribution in [1.29, 1.82) is 0 Å². The van der Waals surface area contributed by atoms with Crippen LogP contribution in [0.4, 0.5) is 0 Å². The third-order valence-corrected chi connectivity index (χ3v) is 5.21. The first kappa shape index (κ1) is 17.2. The first-order valence-corrected chi connectivity index (χ1v) is 9.29. The van der Waals surface area contributed by atoms with Gasteiger partial charge in [0.25, 0.3) is 0 Å². The number of ether oxygens (including phenoxy) is 1. The van der Waals surface area contributed by atoms with Crippen LogP contribution < -0.4 is 5.32 Å². The van der Waals surface area contributed by atoms with Gasteiger partial charge < -0.3 is 15.0 Å². The zero-order chi connectivity index (χ0) is 14.9. The number of nitrogens with one attached hydrogen (secondary N) is 1. The predicted molar refractivity (Wildman–Crippen MR) is 89.7 cm³/mol. The third-order valence-electron chi connectivity index (χ3n) is 5.21. The minimum absolute atomic E-state index is 0.694. The fourth-order valence-electron chi connectivity index (χ4n) is 4.05. The van der Waals surface area contributed by atoms with E-state index in [0.29, 0.717) is 6.04 Å². The van der Waals surface area contributed by atoms with E-state index in [0.717, 1.165) is 25.0 Å². The van der Waals surface area contributed by atoms with Gasteiger partial charge in [0, 0.05) is 25.7 Å². The summed E-state index contributed by atoms with van der Waals surface area (Å²) in [4.78, 5) is 2.56. The lowest BCUT2D eigenvalue weighted by atomic mass is 9.83. The molecule has 1 saturated heterocycles. The largest absolute Gasteiger partial charge is 0.381 e. The van der Waals surface area contributed by atoms with Gasteiger partial charge in [-0.2, -0.15) is 0 Å². The van der Waals surface area contributed by atoms with Crippen LogP contribution in [0.15, 0.2) is 0 Å². The fourth-order valence-corrected chi connectivity index (χ4v) is 4.05. The van der Waals surface area contributed by atoms with Gasteiger partial charge >= 0.3 is 0 Å². The number of nitrogens with zero attached hydrogens (tertiary/aromatic N) is 1. The topological polar surface area (TPSA) is 24.5 Å². The average Bonchev–Trinajstić information content (AvgIpc) is 2.53. The van der Waals surface area contributed by atoms with Crippen LogP contribution in [0.25, 0.3) is 0 Å². The van der Waals surface area contributed by atoms with Crippen LogP contribution in [0.1, 0.15) is 58.3 Å². The molecule has 1 aliphatic heterocycles. The SMILES string of the molecule is CCCNC(CN(C)CC1CCCOC1)C1CCCCC1. The molecular formula is C18H36N2O. The van der Waals surface area contributed by atoms with Crippen LogP contribution in [0.3, 0.4) is 0 Å². The van der Waals surface area contributed by atoms with Gasteiger partial charge in [-0.1, -0.05) is 26.2 Å². The predicted octanol–water partition coefficient (Wildman–Crippen LogP) is 3.29. The Labute approximate surface area is 131 Å². The second-order valence-corrected chi connectivity index (χ2v) is 7.26. The molecule has 2 aliphatic rings. The summed E-state index contributed by atoms with van der Waals surface area (Å²) in [5.74, 6) is 1.65. The standard InChI is InChI=1S/C18H36N2O/c1-3-11-19-18(17-9-5-4-6-10-17)14-20(2)13-16-8-7-12-21-15-16/h16-19H,3-15H2,1-2H3. The smallest absolute Gasteiger partial charge is 0.0506 e. The van der Waals surface area contributed by atoms with E-state index < -0.39 is 0 Å². The molecule has 1 saturated carbocycles. The molecule has 0 aromatic rings. The van der Waals surface area contributed by atoms with E-state index in [2.05, 4.69) is 24.2 Å². The van der Waals surface area contributed by atoms with Gasteiger partial charge in [-0.3, -0.25) is 0 Å². The summed E-state index contributed by atoms with van der Waals surface area (Å²) in [7, 11) is 2.30. The molecule has 1 N–H and O–H groups in total. The zero-order valence-electron chi connectivity index (χ0n) is 14.3. The second-order valence-electron chi connectivity index (χ2n) is 7.26. The summed E-state index contributed by atoms with van der Waals surface area (Å²) < 4.78 is 5.63. The molecule has 124 valence electrons. The average molecular weight is 296 g/mol. The molecule has 2 atom stereocenters. The Morgan fingerprint density at radius 3 is 2.62 bits per heavy atom. The van der Waals surface area contributed by atoms with Crippen molar-refractivity contribution in [3.05, 3.63) is 0 Å². The summed E-state index contributed by atoms with van der Waals surface area (Å²) in [6.07, 6.45) is 11.0. The lowest BCUT2D eigenvalue weighted by molar-refractivity contribution is 0.0395. The molecule has 2 fully saturated rings. The Kier molecular flexibility index (Phi) is 8.05. The monoisotopic (exact) mass is 296 g/mol. The van der Waals surface area contributed by atoms with Crippen LogP contribution in [0.2, 0.25) is 0 Å². The van der Waals surface area contributed by atoms with Crippen LogP contribution >= 0.6 is 0 Å². The van der Waals surface area contributed by atoms with Crippen molar-refractivity contribution in [2.45, 2.75) is 64.3 Å². The lowest BCUT2D eigenvalue weighted by Crippen LogP contribution is -2.46. The Morgan fingerprint density at radius 2 is 1.95 bits per heavy atom. The molecule has 0 radical (unpaired) electrons. The van der Waals surface area contributed by atoms with Gasteiger partial charge in [0.2, 0.25) is 0 Å². The summed E-state index contributed by atoms with van der Waals surface area (Å²) in [5, 5.41) is 3.83. The molecule has 1 heterocycles. The quantitative estimate of drug-likeness (QED) is 0.744. The zero-order valence-corrected chi connectivity index (χ0v) is 14.3. The molecule has 0 spiro atoms. The van der Waals surface area contributed by atoms with Crippen molar-refractivity contribution in [2.24, 2.45) is 11.8 Å². The van der Waals surface area contributed by atoms with Crippen LogP contribution in [0.5, 0.6) is 0 Å². The molecule has 3 heteroatoms. The highest BCUT2D eigenvalue weighted by molar-refractivity contribution is 4.82. The Morgan fingerprint density at radius 1 is 1.14 bits per heavy atom. The van der Waals surface area contributed by atoms with Gasteiger partial charge in [0.05, 0.1) is 6.61 Å². The molecule has 0 aromatic carbocycles. The number of rotatable bonds is 8. The molecule has 0 amide bonds. The summed E-state index contributed by atoms with van der Waals surface area (Å²) in [6.45, 7) is 7.80. The van der Waals surface area contributed by atoms with Crippen LogP contribution in [-0.2, 0) is 4.74 Å². The van der Waals surface area contributed by atoms with E-state index >= 15 is 0 Å². The van der Waals surface area contributed by atoms with Crippen LogP contribution in [-0.4, -0.2) is 50.8 Å². The fraction of sp³-hybridized carbons (Fsp3) is 1.00. The van der Waals surface area contributed by atoms with Crippen molar-refractivity contribution >= 4 is 0 Å². The van der Waals surface area contributed by atoms with Crippen molar-refractivity contribution < 1.29 is 4.74 Å². The van der Waals surface area contributed by atoms with Gasteiger partial charge in [-0.25, -0.2) is 0 Å². The molecular weight excluding hydrogens is 260 g/mol. The molecule has 0 bridgehead atoms. The van der Waals surface area contributed by atoms with Gasteiger partial charge in [0.1, 0.15) is 0 Å². The van der Waals surface area contributed by atoms with Gasteiger partial charge in [-0.05, 0) is 57.5 Å². The maximum Gasteiger partial charge on any atom is 0.0506 e. The molecule has 2 rings (SSSR count). The summed E-state index contributed by atoms with van der Waals surface area (Å²) in [5.41, 5.74) is 0. The third kappa shape index (κ3) is 6.25. The van der Waals surface area contributed by atoms with E-state index in [1.807, 2.05) is 0 Å². The van der Waals surface area contributed by atoms with Crippen LogP contribution in [0, 0.1) is 11.8 Å². The van der Waals surface area contributed by atoms with Crippen molar-refractivity contribution in [1.82, 2.24) is 10.2 Å². The number of likely N-dealkylation sites (N-methyl/N-ethyl adjacent to an activating group) is 1. The molecule has 2 unspecified atom stereocenters. The first-order valence-electron chi connectivity index (χ1n) is 9.29. The summed E-state index contributed by atoms with van der Waals surface area (Å²) in [6, 6.07) is 0.694. The highest BCUT2D eigenvalue weighted by Crippen LogP contribution is 2.27. The van der Waals surface area contributed by atoms with Gasteiger partial charge in [-0.15, -0.1) is 0 Å². The van der Waals surface area contributed by atoms with E-state index in [4.69, 9.17) is 4.74 Å². The molecule has 3 nitrogen and oxygen atoms in total. The highest BCUT2D eigenvalue weighted by Gasteiger charge is 2.25. The molecule has 1 aliphatic carbocycles. The highest BCUT2D eigenvalue weighted by atomic mass is 16.5. The minimum atomic E-state index is 0.694. The molecule has 21 heavy (non-hydrogen) atoms. The van der Waals surface area contributed by atoms with Crippen molar-refractivity contribution in [3.8, 4) is 0 Å². The lowest BCUT2D eigenvalue weighted by Gasteiger charge is -2.35. The van der Waals surface area contributed by atoms with E-state index in [9.17, 15) is 0 Å². The maximum absolute atomic E-state index is 5.63. The van der Waals surface area contributed by atoms with Crippen molar-refractivity contribution in [2.75, 3.05) is 39.9 Å². The Bertz CT molecular complexity index is 260. The normalized spacial score (nSPS) is 26.1. The van der Waals surface area contributed by atoms with E-state index in [-0.39, 0.29) is 0 Å². The Balaban J connectivity index is 1.78. The first-order chi connectivity index (χ1) is 10.3. The van der Waals surface area contributed by atoms with E-state index in [1.165, 1.54) is 71.0 Å². The van der Waals surface area contributed by atoms with E-state index in [1.54, 1.807) is 0 Å². The van der Waals surface area contributed by atoms with Crippen molar-refractivity contribution in [3.63, 3.8) is 0 Å². The minimum Gasteiger partial charge on any atom is -0.381 e. The number of hydrogen-bond acceptors (Lipinski definition) is 3. The molecule has 0 aromatic heterocycles. The van der Waals surface area contributed by atoms with Gasteiger partial charge in [0.15, 0.2) is 0 Å². The number of hydrogen-bond donors (Lipinski definition) is 1. The summed E-state index contributed by atoms with van der Waals surface area (Å²) >= 11 is 0. The Hall–Kier alpha value is -0.120. The maximum atomic E-state index is 5.63. The second kappa shape index (κ2) is 9.81.